The third-order valence-electron chi connectivity index (χ3n) is 5.01. The van der Waals surface area contributed by atoms with Crippen LogP contribution in [0.4, 0.5) is 8.78 Å². The van der Waals surface area contributed by atoms with Gasteiger partial charge in [-0.15, -0.1) is 0 Å². The van der Waals surface area contributed by atoms with Gasteiger partial charge in [0.05, 0.1) is 6.26 Å². The zero-order valence-electron chi connectivity index (χ0n) is 13.5. The van der Waals surface area contributed by atoms with Gasteiger partial charge in [0.2, 0.25) is 15.9 Å². The van der Waals surface area contributed by atoms with Gasteiger partial charge in [-0.25, -0.2) is 21.5 Å². The zero-order chi connectivity index (χ0) is 17.5. The average Bonchev–Trinajstić information content (AvgIpc) is 2.78. The smallest absolute Gasteiger partial charge is 0.223 e. The molecule has 3 rings (SSSR count). The van der Waals surface area contributed by atoms with Gasteiger partial charge >= 0.3 is 0 Å². The molecule has 8 heteroatoms. The third kappa shape index (κ3) is 3.44. The first-order chi connectivity index (χ1) is 11.2. The maximum absolute atomic E-state index is 13.3. The fraction of sp³-hybridized carbons (Fsp3) is 0.562. The zero-order valence-corrected chi connectivity index (χ0v) is 14.3. The maximum atomic E-state index is 13.3. The number of sulfonamides is 1. The molecule has 0 N–H and O–H groups in total. The number of carbonyl (C=O) groups excluding carboxylic acids is 1. The van der Waals surface area contributed by atoms with Crippen LogP contribution in [0.15, 0.2) is 18.2 Å². The summed E-state index contributed by atoms with van der Waals surface area (Å²) in [4.78, 5) is 14.0. The molecule has 1 aromatic rings. The van der Waals surface area contributed by atoms with Gasteiger partial charge in [0, 0.05) is 32.6 Å². The second-order valence-electron chi connectivity index (χ2n) is 6.84. The number of rotatable bonds is 3. The van der Waals surface area contributed by atoms with E-state index in [0.29, 0.717) is 44.5 Å². The lowest BCUT2D eigenvalue weighted by Gasteiger charge is -2.37. The van der Waals surface area contributed by atoms with Gasteiger partial charge in [-0.05, 0) is 36.0 Å². The number of hydrogen-bond acceptors (Lipinski definition) is 3. The summed E-state index contributed by atoms with van der Waals surface area (Å²) in [7, 11) is -3.20. The number of benzene rings is 1. The van der Waals surface area contributed by atoms with E-state index in [1.165, 1.54) is 16.6 Å². The molecule has 24 heavy (non-hydrogen) atoms. The lowest BCUT2D eigenvalue weighted by molar-refractivity contribution is -0.128. The van der Waals surface area contributed by atoms with E-state index in [1.807, 2.05) is 0 Å². The Kier molecular flexibility index (Phi) is 4.37. The number of carbonyl (C=O) groups is 1. The monoisotopic (exact) mass is 358 g/mol. The van der Waals surface area contributed by atoms with E-state index in [9.17, 15) is 22.0 Å². The van der Waals surface area contributed by atoms with Crippen LogP contribution in [-0.2, 0) is 21.4 Å². The second kappa shape index (κ2) is 6.07. The summed E-state index contributed by atoms with van der Waals surface area (Å²) in [5.74, 6) is -1.85. The van der Waals surface area contributed by atoms with Gasteiger partial charge in [0.1, 0.15) is 0 Å². The van der Waals surface area contributed by atoms with Crippen LogP contribution in [0, 0.1) is 17.0 Å². The molecule has 2 aliphatic heterocycles. The Morgan fingerprint density at radius 2 is 1.83 bits per heavy atom. The van der Waals surface area contributed by atoms with Crippen LogP contribution in [0.25, 0.3) is 0 Å². The molecule has 2 heterocycles. The van der Waals surface area contributed by atoms with Gasteiger partial charge in [0.15, 0.2) is 11.6 Å². The van der Waals surface area contributed by atoms with Crippen LogP contribution in [0.3, 0.4) is 0 Å². The predicted octanol–water partition coefficient (Wildman–Crippen LogP) is 1.74. The van der Waals surface area contributed by atoms with Crippen LogP contribution >= 0.6 is 0 Å². The molecule has 0 bridgehead atoms. The topological polar surface area (TPSA) is 57.7 Å². The Morgan fingerprint density at radius 3 is 2.42 bits per heavy atom. The van der Waals surface area contributed by atoms with Gasteiger partial charge in [0.25, 0.3) is 0 Å². The molecule has 2 saturated heterocycles. The quantitative estimate of drug-likeness (QED) is 0.827. The van der Waals surface area contributed by atoms with Crippen molar-refractivity contribution in [2.75, 3.05) is 25.9 Å². The lowest BCUT2D eigenvalue weighted by Crippen LogP contribution is -2.43. The molecule has 0 unspecified atom stereocenters. The SMILES string of the molecule is CS(=O)(=O)N1CCC2(CC1)CC(=O)N(Cc1ccc(F)c(F)c1)C2. The molecule has 1 aromatic carbocycles. The molecule has 5 nitrogen and oxygen atoms in total. The maximum Gasteiger partial charge on any atom is 0.223 e. The van der Waals surface area contributed by atoms with Gasteiger partial charge in [-0.1, -0.05) is 6.07 Å². The number of nitrogens with zero attached hydrogens (tertiary/aromatic N) is 2. The molecule has 0 saturated carbocycles. The molecule has 0 atom stereocenters. The summed E-state index contributed by atoms with van der Waals surface area (Å²) in [5.41, 5.74) is 0.337. The molecular formula is C16H20F2N2O3S. The van der Waals surface area contributed by atoms with Crippen LogP contribution in [0.2, 0.25) is 0 Å². The van der Waals surface area contributed by atoms with Crippen molar-refractivity contribution in [2.24, 2.45) is 5.41 Å². The van der Waals surface area contributed by atoms with Crippen LogP contribution in [-0.4, -0.2) is 49.4 Å². The molecule has 0 aliphatic carbocycles. The van der Waals surface area contributed by atoms with Crippen molar-refractivity contribution < 1.29 is 22.0 Å². The van der Waals surface area contributed by atoms with Crippen LogP contribution in [0.5, 0.6) is 0 Å². The molecule has 0 radical (unpaired) electrons. The van der Waals surface area contributed by atoms with Crippen molar-refractivity contribution in [3.8, 4) is 0 Å². The summed E-state index contributed by atoms with van der Waals surface area (Å²) < 4.78 is 51.0. The highest BCUT2D eigenvalue weighted by atomic mass is 32.2. The number of hydrogen-bond donors (Lipinski definition) is 0. The summed E-state index contributed by atoms with van der Waals surface area (Å²) in [6.45, 7) is 1.62. The van der Waals surface area contributed by atoms with Crippen LogP contribution in [0.1, 0.15) is 24.8 Å². The Balaban J connectivity index is 1.67. The van der Waals surface area contributed by atoms with E-state index in [-0.39, 0.29) is 17.9 Å². The Morgan fingerprint density at radius 1 is 1.17 bits per heavy atom. The van der Waals surface area contributed by atoms with Crippen molar-refractivity contribution in [3.63, 3.8) is 0 Å². The minimum Gasteiger partial charge on any atom is -0.338 e. The van der Waals surface area contributed by atoms with Gasteiger partial charge in [-0.2, -0.15) is 0 Å². The van der Waals surface area contributed by atoms with Crippen molar-refractivity contribution in [1.82, 2.24) is 9.21 Å². The predicted molar refractivity (Wildman–Crippen MR) is 84.5 cm³/mol. The lowest BCUT2D eigenvalue weighted by atomic mass is 9.78. The highest BCUT2D eigenvalue weighted by Crippen LogP contribution is 2.41. The van der Waals surface area contributed by atoms with E-state index in [1.54, 1.807) is 4.90 Å². The van der Waals surface area contributed by atoms with Crippen LogP contribution < -0.4 is 0 Å². The highest BCUT2D eigenvalue weighted by Gasteiger charge is 2.45. The van der Waals surface area contributed by atoms with Crippen molar-refractivity contribution in [1.29, 1.82) is 0 Å². The summed E-state index contributed by atoms with van der Waals surface area (Å²) in [5, 5.41) is 0. The first-order valence-corrected chi connectivity index (χ1v) is 9.70. The second-order valence-corrected chi connectivity index (χ2v) is 8.82. The first-order valence-electron chi connectivity index (χ1n) is 7.85. The fourth-order valence-electron chi connectivity index (χ4n) is 3.61. The molecule has 1 spiro atoms. The molecule has 0 aromatic heterocycles. The van der Waals surface area contributed by atoms with E-state index in [2.05, 4.69) is 0 Å². The fourth-order valence-corrected chi connectivity index (χ4v) is 4.46. The molecule has 2 fully saturated rings. The summed E-state index contributed by atoms with van der Waals surface area (Å²) in [6.07, 6.45) is 2.86. The number of halogens is 2. The van der Waals surface area contributed by atoms with E-state index < -0.39 is 21.7 Å². The first kappa shape index (κ1) is 17.3. The van der Waals surface area contributed by atoms with Gasteiger partial charge in [-0.3, -0.25) is 4.79 Å². The molecular weight excluding hydrogens is 338 g/mol. The Labute approximate surface area is 140 Å². The number of likely N-dealkylation sites (tertiary alicyclic amines) is 1. The van der Waals surface area contributed by atoms with Crippen molar-refractivity contribution >= 4 is 15.9 Å². The summed E-state index contributed by atoms with van der Waals surface area (Å²) in [6, 6.07) is 3.65. The average molecular weight is 358 g/mol. The standard InChI is InChI=1S/C16H20F2N2O3S/c1-24(22,23)20-6-4-16(5-7-20)9-15(21)19(11-16)10-12-2-3-13(17)14(18)8-12/h2-3,8H,4-7,9-11H2,1H3. The normalized spacial score (nSPS) is 21.6. The Bertz CT molecular complexity index is 759. The van der Waals surface area contributed by atoms with E-state index >= 15 is 0 Å². The summed E-state index contributed by atoms with van der Waals surface area (Å²) >= 11 is 0. The van der Waals surface area contributed by atoms with E-state index in [0.717, 1.165) is 12.1 Å². The number of piperidine rings is 1. The van der Waals surface area contributed by atoms with Crippen molar-refractivity contribution in [3.05, 3.63) is 35.4 Å². The number of amides is 1. The van der Waals surface area contributed by atoms with Crippen molar-refractivity contribution in [2.45, 2.75) is 25.8 Å². The van der Waals surface area contributed by atoms with E-state index in [4.69, 9.17) is 0 Å². The minimum atomic E-state index is -3.20. The highest BCUT2D eigenvalue weighted by molar-refractivity contribution is 7.88. The van der Waals surface area contributed by atoms with Gasteiger partial charge < -0.3 is 4.90 Å². The largest absolute Gasteiger partial charge is 0.338 e. The minimum absolute atomic E-state index is 0.0208. The Hall–Kier alpha value is -1.54. The third-order valence-corrected chi connectivity index (χ3v) is 6.32. The molecule has 1 amide bonds. The molecule has 132 valence electrons. The molecule has 2 aliphatic rings.